The number of ether oxygens (including phenoxy) is 1. The minimum Gasteiger partial charge on any atom is -0.424 e. The lowest BCUT2D eigenvalue weighted by molar-refractivity contribution is 0.0811. The summed E-state index contributed by atoms with van der Waals surface area (Å²) >= 11 is 0. The number of likely N-dealkylation sites (N-methyl/N-ethyl adjacent to an activating group) is 1. The summed E-state index contributed by atoms with van der Waals surface area (Å²) in [5, 5.41) is 4.90. The number of hydrogen-bond donors (Lipinski definition) is 0. The van der Waals surface area contributed by atoms with Gasteiger partial charge in [0.15, 0.2) is 0 Å². The van der Waals surface area contributed by atoms with Gasteiger partial charge in [0.25, 0.3) is 0 Å². The van der Waals surface area contributed by atoms with Crippen LogP contribution in [0.3, 0.4) is 0 Å². The third-order valence-electron chi connectivity index (χ3n) is 6.60. The van der Waals surface area contributed by atoms with Crippen LogP contribution in [0.4, 0.5) is 0 Å². The Morgan fingerprint density at radius 2 is 1.52 bits per heavy atom. The fourth-order valence-electron chi connectivity index (χ4n) is 4.71. The van der Waals surface area contributed by atoms with Gasteiger partial charge in [-0.1, -0.05) is 0 Å². The predicted octanol–water partition coefficient (Wildman–Crippen LogP) is 3.86. The van der Waals surface area contributed by atoms with E-state index in [0.29, 0.717) is 12.1 Å². The van der Waals surface area contributed by atoms with E-state index in [0.717, 1.165) is 23.0 Å². The lowest BCUT2D eigenvalue weighted by atomic mass is 9.90. The van der Waals surface area contributed by atoms with Crippen LogP contribution in [-0.2, 0) is 0 Å². The van der Waals surface area contributed by atoms with Crippen molar-refractivity contribution in [2.45, 2.75) is 37.8 Å². The minimum atomic E-state index is 0.353. The van der Waals surface area contributed by atoms with Gasteiger partial charge in [0.05, 0.1) is 11.7 Å². The van der Waals surface area contributed by atoms with Gasteiger partial charge < -0.3 is 9.64 Å². The van der Waals surface area contributed by atoms with Crippen LogP contribution in [0.25, 0.3) is 11.3 Å². The number of benzene rings is 1. The summed E-state index contributed by atoms with van der Waals surface area (Å²) in [6.07, 6.45) is 10.4. The van der Waals surface area contributed by atoms with Crippen LogP contribution in [0.15, 0.2) is 55.0 Å². The summed E-state index contributed by atoms with van der Waals surface area (Å²) in [5.74, 6) is 0.719. The molecule has 1 saturated heterocycles. The molecule has 5 rings (SSSR count). The molecule has 7 nitrogen and oxygen atoms in total. The van der Waals surface area contributed by atoms with Crippen molar-refractivity contribution in [3.05, 3.63) is 55.0 Å². The third kappa shape index (κ3) is 4.78. The maximum atomic E-state index is 5.68. The molecule has 0 bridgehead atoms. The van der Waals surface area contributed by atoms with Crippen LogP contribution in [0.1, 0.15) is 31.7 Å². The van der Waals surface area contributed by atoms with Crippen molar-refractivity contribution in [1.82, 2.24) is 29.5 Å². The molecule has 0 unspecified atom stereocenters. The highest BCUT2D eigenvalue weighted by Gasteiger charge is 2.28. The van der Waals surface area contributed by atoms with E-state index in [9.17, 15) is 0 Å². The van der Waals surface area contributed by atoms with E-state index in [1.165, 1.54) is 51.9 Å². The second-order valence-corrected chi connectivity index (χ2v) is 8.64. The van der Waals surface area contributed by atoms with Crippen molar-refractivity contribution < 1.29 is 4.74 Å². The molecule has 3 aromatic rings. The highest BCUT2D eigenvalue weighted by atomic mass is 16.5. The Kier molecular flexibility index (Phi) is 5.95. The van der Waals surface area contributed by atoms with E-state index in [1.807, 2.05) is 24.3 Å². The van der Waals surface area contributed by atoms with E-state index in [2.05, 4.69) is 43.8 Å². The van der Waals surface area contributed by atoms with Crippen LogP contribution in [0.5, 0.6) is 11.8 Å². The van der Waals surface area contributed by atoms with Gasteiger partial charge in [-0.2, -0.15) is 5.10 Å². The molecule has 162 valence electrons. The van der Waals surface area contributed by atoms with Gasteiger partial charge in [0.2, 0.25) is 0 Å². The van der Waals surface area contributed by atoms with E-state index in [1.54, 1.807) is 18.5 Å². The number of rotatable bonds is 5. The summed E-state index contributed by atoms with van der Waals surface area (Å²) in [6.45, 7) is 4.83. The molecular weight excluding hydrogens is 388 g/mol. The topological polar surface area (TPSA) is 59.3 Å². The molecule has 2 aliphatic rings. The van der Waals surface area contributed by atoms with Crippen molar-refractivity contribution in [2.75, 3.05) is 33.2 Å². The first kappa shape index (κ1) is 20.2. The fraction of sp³-hybridized carbons (Fsp3) is 0.458. The Morgan fingerprint density at radius 3 is 2.23 bits per heavy atom. The van der Waals surface area contributed by atoms with Crippen LogP contribution in [0, 0.1) is 0 Å². The van der Waals surface area contributed by atoms with Gasteiger partial charge in [-0.15, -0.1) is 0 Å². The van der Waals surface area contributed by atoms with E-state index in [-0.39, 0.29) is 0 Å². The molecule has 0 amide bonds. The number of nitrogens with zero attached hydrogens (tertiary/aromatic N) is 6. The molecule has 3 heterocycles. The smallest absolute Gasteiger partial charge is 0.321 e. The van der Waals surface area contributed by atoms with Crippen LogP contribution in [-0.4, -0.2) is 68.8 Å². The zero-order valence-corrected chi connectivity index (χ0v) is 18.1. The first-order chi connectivity index (χ1) is 15.2. The summed E-state index contributed by atoms with van der Waals surface area (Å²) in [7, 11) is 2.22. The molecule has 31 heavy (non-hydrogen) atoms. The molecule has 0 atom stereocenters. The summed E-state index contributed by atoms with van der Waals surface area (Å²) in [5.41, 5.74) is 2.09. The minimum absolute atomic E-state index is 0.353. The van der Waals surface area contributed by atoms with Crippen molar-refractivity contribution in [1.29, 1.82) is 0 Å². The Bertz CT molecular complexity index is 957. The second kappa shape index (κ2) is 9.16. The lowest BCUT2D eigenvalue weighted by Crippen LogP contribution is -2.49. The van der Waals surface area contributed by atoms with Crippen molar-refractivity contribution in [2.24, 2.45) is 0 Å². The lowest BCUT2D eigenvalue weighted by Gasteiger charge is -2.41. The molecule has 1 aliphatic heterocycles. The van der Waals surface area contributed by atoms with Gasteiger partial charge in [-0.05, 0) is 69.1 Å². The predicted molar refractivity (Wildman–Crippen MR) is 120 cm³/mol. The average molecular weight is 419 g/mol. The SMILES string of the molecule is CN1CCN([C@H]2CC[C@@H](n3ccc(-c4ccc(Oc5ncccn5)cc4)n3)CC2)CC1. The standard InChI is InChI=1S/C24H30N6O/c1-28-15-17-29(18-16-28)20-5-7-21(8-6-20)30-14-11-23(27-30)19-3-9-22(10-4-19)31-24-25-12-2-13-26-24/h2-4,9-14,20-21H,5-8,15-18H2,1H3/t20-,21+. The fourth-order valence-corrected chi connectivity index (χ4v) is 4.71. The maximum Gasteiger partial charge on any atom is 0.321 e. The molecular formula is C24H30N6O. The molecule has 0 radical (unpaired) electrons. The molecule has 0 spiro atoms. The zero-order valence-electron chi connectivity index (χ0n) is 18.1. The highest BCUT2D eigenvalue weighted by Crippen LogP contribution is 2.32. The number of aromatic nitrogens is 4. The van der Waals surface area contributed by atoms with E-state index in [4.69, 9.17) is 9.84 Å². The van der Waals surface area contributed by atoms with Gasteiger partial charge in [0, 0.05) is 56.4 Å². The van der Waals surface area contributed by atoms with Crippen molar-refractivity contribution in [3.8, 4) is 23.0 Å². The molecule has 1 aromatic carbocycles. The molecule has 1 saturated carbocycles. The van der Waals surface area contributed by atoms with Gasteiger partial charge in [-0.3, -0.25) is 9.58 Å². The third-order valence-corrected chi connectivity index (χ3v) is 6.60. The van der Waals surface area contributed by atoms with Crippen molar-refractivity contribution in [3.63, 3.8) is 0 Å². The molecule has 1 aliphatic carbocycles. The van der Waals surface area contributed by atoms with Crippen LogP contribution < -0.4 is 4.74 Å². The van der Waals surface area contributed by atoms with E-state index >= 15 is 0 Å². The molecule has 7 heteroatoms. The highest BCUT2D eigenvalue weighted by molar-refractivity contribution is 5.59. The Labute approximate surface area is 183 Å². The van der Waals surface area contributed by atoms with E-state index < -0.39 is 0 Å². The van der Waals surface area contributed by atoms with Crippen molar-refractivity contribution >= 4 is 0 Å². The van der Waals surface area contributed by atoms with Gasteiger partial charge >= 0.3 is 6.01 Å². The van der Waals surface area contributed by atoms with Gasteiger partial charge in [-0.25, -0.2) is 9.97 Å². The Balaban J connectivity index is 1.18. The zero-order chi connectivity index (χ0) is 21.0. The van der Waals surface area contributed by atoms with Crippen LogP contribution in [0.2, 0.25) is 0 Å². The van der Waals surface area contributed by atoms with Gasteiger partial charge in [0.1, 0.15) is 5.75 Å². The molecule has 2 aromatic heterocycles. The largest absolute Gasteiger partial charge is 0.424 e. The second-order valence-electron chi connectivity index (χ2n) is 8.64. The first-order valence-electron chi connectivity index (χ1n) is 11.3. The number of hydrogen-bond acceptors (Lipinski definition) is 6. The summed E-state index contributed by atoms with van der Waals surface area (Å²) in [4.78, 5) is 13.3. The Hall–Kier alpha value is -2.77. The molecule has 2 fully saturated rings. The average Bonchev–Trinajstić information content (AvgIpc) is 3.31. The normalized spacial score (nSPS) is 23.0. The monoisotopic (exact) mass is 418 g/mol. The summed E-state index contributed by atoms with van der Waals surface area (Å²) in [6, 6.07) is 13.4. The van der Waals surface area contributed by atoms with Crippen LogP contribution >= 0.6 is 0 Å². The quantitative estimate of drug-likeness (QED) is 0.627. The summed E-state index contributed by atoms with van der Waals surface area (Å²) < 4.78 is 7.86. The number of piperazine rings is 1. The maximum absolute atomic E-state index is 5.68. The molecule has 0 N–H and O–H groups in total. The first-order valence-corrected chi connectivity index (χ1v) is 11.3. The Morgan fingerprint density at radius 1 is 0.839 bits per heavy atom.